The molecule has 160 valence electrons. The van der Waals surface area contributed by atoms with Gasteiger partial charge in [-0.25, -0.2) is 4.79 Å². The molecule has 5 heteroatoms. The van der Waals surface area contributed by atoms with Gasteiger partial charge in [-0.15, -0.1) is 0 Å². The number of carbonyl (C=O) groups excluding carboxylic acids is 1. The van der Waals surface area contributed by atoms with Crippen LogP contribution in [0.5, 0.6) is 0 Å². The highest BCUT2D eigenvalue weighted by atomic mass is 16.6. The molecule has 0 radical (unpaired) electrons. The minimum absolute atomic E-state index is 0.0354. The Bertz CT molecular complexity index is 987. The second kappa shape index (κ2) is 9.65. The van der Waals surface area contributed by atoms with Crippen molar-refractivity contribution >= 4 is 11.8 Å². The van der Waals surface area contributed by atoms with Gasteiger partial charge in [0.25, 0.3) is 0 Å². The first-order chi connectivity index (χ1) is 15.1. The van der Waals surface area contributed by atoms with Crippen molar-refractivity contribution in [2.75, 3.05) is 24.5 Å². The zero-order valence-electron chi connectivity index (χ0n) is 18.2. The second-order valence-electron chi connectivity index (χ2n) is 8.13. The van der Waals surface area contributed by atoms with Crippen LogP contribution in [0, 0.1) is 13.8 Å². The van der Waals surface area contributed by atoms with Crippen LogP contribution in [0.4, 0.5) is 10.5 Å². The summed E-state index contributed by atoms with van der Waals surface area (Å²) in [5.41, 5.74) is 5.41. The predicted molar refractivity (Wildman–Crippen MR) is 123 cm³/mol. The number of aryl methyl sites for hydroxylation is 2. The SMILES string of the molecule is Cc1cc(N2CCN(C(=O)OCc3ccccc3)C(Cc3ccccc3)C2)cc(C)n1. The molecular formula is C26H29N3O2. The number of nitrogens with zero attached hydrogens (tertiary/aromatic N) is 3. The molecular weight excluding hydrogens is 386 g/mol. The molecule has 1 unspecified atom stereocenters. The molecule has 0 aliphatic carbocycles. The summed E-state index contributed by atoms with van der Waals surface area (Å²) in [6.45, 7) is 6.50. The molecule has 2 aromatic carbocycles. The van der Waals surface area contributed by atoms with Crippen LogP contribution >= 0.6 is 0 Å². The topological polar surface area (TPSA) is 45.7 Å². The Balaban J connectivity index is 1.50. The number of piperazine rings is 1. The van der Waals surface area contributed by atoms with E-state index >= 15 is 0 Å². The highest BCUT2D eigenvalue weighted by Crippen LogP contribution is 2.23. The summed E-state index contributed by atoms with van der Waals surface area (Å²) in [6, 6.07) is 24.4. The molecule has 0 spiro atoms. The largest absolute Gasteiger partial charge is 0.445 e. The highest BCUT2D eigenvalue weighted by Gasteiger charge is 2.32. The molecule has 0 bridgehead atoms. The van der Waals surface area contributed by atoms with Crippen LogP contribution < -0.4 is 4.90 Å². The maximum Gasteiger partial charge on any atom is 0.410 e. The zero-order chi connectivity index (χ0) is 21.6. The molecule has 0 saturated carbocycles. The number of carbonyl (C=O) groups is 1. The van der Waals surface area contributed by atoms with E-state index in [4.69, 9.17) is 4.74 Å². The average molecular weight is 416 g/mol. The quantitative estimate of drug-likeness (QED) is 0.602. The summed E-state index contributed by atoms with van der Waals surface area (Å²) < 4.78 is 5.67. The number of pyridine rings is 1. The number of hydrogen-bond donors (Lipinski definition) is 0. The monoisotopic (exact) mass is 415 g/mol. The summed E-state index contributed by atoms with van der Waals surface area (Å²) >= 11 is 0. The fraction of sp³-hybridized carbons (Fsp3) is 0.308. The van der Waals surface area contributed by atoms with Crippen molar-refractivity contribution in [3.63, 3.8) is 0 Å². The molecule has 1 atom stereocenters. The van der Waals surface area contributed by atoms with Gasteiger partial charge in [-0.3, -0.25) is 4.98 Å². The van der Waals surface area contributed by atoms with E-state index in [0.29, 0.717) is 13.2 Å². The molecule has 1 aliphatic heterocycles. The van der Waals surface area contributed by atoms with Crippen molar-refractivity contribution < 1.29 is 9.53 Å². The molecule has 0 N–H and O–H groups in total. The van der Waals surface area contributed by atoms with Crippen LogP contribution in [-0.2, 0) is 17.8 Å². The van der Waals surface area contributed by atoms with E-state index in [1.54, 1.807) is 0 Å². The van der Waals surface area contributed by atoms with Crippen molar-refractivity contribution in [2.24, 2.45) is 0 Å². The predicted octanol–water partition coefficient (Wildman–Crippen LogP) is 4.77. The number of ether oxygens (including phenoxy) is 1. The van der Waals surface area contributed by atoms with E-state index in [2.05, 4.69) is 34.1 Å². The number of benzene rings is 2. The lowest BCUT2D eigenvalue weighted by atomic mass is 10.0. The van der Waals surface area contributed by atoms with Crippen LogP contribution in [0.2, 0.25) is 0 Å². The highest BCUT2D eigenvalue weighted by molar-refractivity contribution is 5.69. The van der Waals surface area contributed by atoms with Crippen LogP contribution in [0.25, 0.3) is 0 Å². The minimum Gasteiger partial charge on any atom is -0.445 e. The number of hydrogen-bond acceptors (Lipinski definition) is 4. The molecule has 3 aromatic rings. The van der Waals surface area contributed by atoms with Gasteiger partial charge >= 0.3 is 6.09 Å². The van der Waals surface area contributed by atoms with E-state index in [1.165, 1.54) is 11.3 Å². The maximum atomic E-state index is 13.0. The molecule has 2 heterocycles. The standard InChI is InChI=1S/C26H29N3O2/c1-20-15-24(16-21(2)27-20)28-13-14-29(25(18-28)17-22-9-5-3-6-10-22)26(30)31-19-23-11-7-4-8-12-23/h3-12,15-16,25H,13-14,17-19H2,1-2H3. The molecule has 5 nitrogen and oxygen atoms in total. The Labute approximate surface area is 184 Å². The molecule has 31 heavy (non-hydrogen) atoms. The van der Waals surface area contributed by atoms with Crippen LogP contribution in [-0.4, -0.2) is 41.7 Å². The smallest absolute Gasteiger partial charge is 0.410 e. The molecule has 1 saturated heterocycles. The van der Waals surface area contributed by atoms with E-state index in [-0.39, 0.29) is 12.1 Å². The number of amides is 1. The third kappa shape index (κ3) is 5.43. The maximum absolute atomic E-state index is 13.0. The molecule has 1 aliphatic rings. The summed E-state index contributed by atoms with van der Waals surface area (Å²) in [5.74, 6) is 0. The van der Waals surface area contributed by atoms with E-state index < -0.39 is 0 Å². The number of anilines is 1. The van der Waals surface area contributed by atoms with Gasteiger partial charge in [-0.1, -0.05) is 60.7 Å². The Morgan fingerprint density at radius 1 is 0.935 bits per heavy atom. The first kappa shape index (κ1) is 20.9. The average Bonchev–Trinajstić information content (AvgIpc) is 2.78. The van der Waals surface area contributed by atoms with Crippen molar-refractivity contribution in [1.29, 1.82) is 0 Å². The Morgan fingerprint density at radius 2 is 1.55 bits per heavy atom. The van der Waals surface area contributed by atoms with Gasteiger partial charge in [0.2, 0.25) is 0 Å². The van der Waals surface area contributed by atoms with Crippen LogP contribution in [0.3, 0.4) is 0 Å². The van der Waals surface area contributed by atoms with Gasteiger partial charge in [-0.2, -0.15) is 0 Å². The lowest BCUT2D eigenvalue weighted by Gasteiger charge is -2.42. The lowest BCUT2D eigenvalue weighted by molar-refractivity contribution is 0.0760. The lowest BCUT2D eigenvalue weighted by Crippen LogP contribution is -2.56. The molecule has 1 fully saturated rings. The normalized spacial score (nSPS) is 16.3. The molecule has 1 amide bonds. The first-order valence-corrected chi connectivity index (χ1v) is 10.8. The third-order valence-corrected chi connectivity index (χ3v) is 5.67. The first-order valence-electron chi connectivity index (χ1n) is 10.8. The van der Waals surface area contributed by atoms with Crippen LogP contribution in [0.15, 0.2) is 72.8 Å². The van der Waals surface area contributed by atoms with E-state index in [0.717, 1.165) is 36.5 Å². The van der Waals surface area contributed by atoms with Crippen molar-refractivity contribution in [3.05, 3.63) is 95.3 Å². The third-order valence-electron chi connectivity index (χ3n) is 5.67. The summed E-state index contributed by atoms with van der Waals surface area (Å²) in [6.07, 6.45) is 0.549. The Morgan fingerprint density at radius 3 is 2.19 bits per heavy atom. The Hall–Kier alpha value is -3.34. The van der Waals surface area contributed by atoms with Crippen molar-refractivity contribution in [3.8, 4) is 0 Å². The van der Waals surface area contributed by atoms with Crippen molar-refractivity contribution in [1.82, 2.24) is 9.88 Å². The fourth-order valence-electron chi connectivity index (χ4n) is 4.19. The van der Waals surface area contributed by atoms with E-state index in [1.807, 2.05) is 67.3 Å². The van der Waals surface area contributed by atoms with Gasteiger partial charge in [0.1, 0.15) is 6.61 Å². The molecule has 1 aromatic heterocycles. The van der Waals surface area contributed by atoms with Gasteiger partial charge in [0, 0.05) is 36.7 Å². The summed E-state index contributed by atoms with van der Waals surface area (Å²) in [7, 11) is 0. The number of aromatic nitrogens is 1. The minimum atomic E-state index is -0.244. The summed E-state index contributed by atoms with van der Waals surface area (Å²) in [5, 5.41) is 0. The summed E-state index contributed by atoms with van der Waals surface area (Å²) in [4.78, 5) is 21.8. The fourth-order valence-corrected chi connectivity index (χ4v) is 4.19. The zero-order valence-corrected chi connectivity index (χ0v) is 18.2. The van der Waals surface area contributed by atoms with Gasteiger partial charge < -0.3 is 14.5 Å². The van der Waals surface area contributed by atoms with E-state index in [9.17, 15) is 4.79 Å². The van der Waals surface area contributed by atoms with Crippen LogP contribution in [0.1, 0.15) is 22.5 Å². The second-order valence-corrected chi connectivity index (χ2v) is 8.13. The van der Waals surface area contributed by atoms with Gasteiger partial charge in [-0.05, 0) is 43.5 Å². The Kier molecular flexibility index (Phi) is 6.51. The van der Waals surface area contributed by atoms with Crippen molar-refractivity contribution in [2.45, 2.75) is 32.9 Å². The molecule has 4 rings (SSSR count). The van der Waals surface area contributed by atoms with Gasteiger partial charge in [0.05, 0.1) is 6.04 Å². The van der Waals surface area contributed by atoms with Gasteiger partial charge in [0.15, 0.2) is 0 Å². The number of rotatable bonds is 5.